The predicted octanol–water partition coefficient (Wildman–Crippen LogP) is 7.81. The van der Waals surface area contributed by atoms with Crippen LogP contribution in [0, 0.1) is 39.4 Å². The molecule has 0 aromatic heterocycles. The van der Waals surface area contributed by atoms with Gasteiger partial charge in [-0.25, -0.2) is 24.0 Å². The number of nitrogens with one attached hydrogen (secondary N) is 1. The fraction of sp³-hybridized carbons (Fsp3) is 0.370. The van der Waals surface area contributed by atoms with Gasteiger partial charge in [-0.15, -0.1) is 0 Å². The van der Waals surface area contributed by atoms with Crippen molar-refractivity contribution in [3.05, 3.63) is 118 Å². The molecule has 0 unspecified atom stereocenters. The van der Waals surface area contributed by atoms with Crippen molar-refractivity contribution in [1.29, 1.82) is 15.8 Å². The minimum Gasteiger partial charge on any atom is -0.461 e. The Labute approximate surface area is 416 Å². The minimum absolute atomic E-state index is 0.0322. The number of rotatable bonds is 27. The van der Waals surface area contributed by atoms with E-state index in [0.29, 0.717) is 23.2 Å². The van der Waals surface area contributed by atoms with Crippen LogP contribution in [0.5, 0.6) is 0 Å². The second-order valence-corrected chi connectivity index (χ2v) is 16.1. The largest absolute Gasteiger partial charge is 0.461 e. The zero-order valence-corrected chi connectivity index (χ0v) is 41.6. The average Bonchev–Trinajstić information content (AvgIpc) is 3.38. The van der Waals surface area contributed by atoms with Gasteiger partial charge in [0.15, 0.2) is 0 Å². The van der Waals surface area contributed by atoms with E-state index < -0.39 is 55.2 Å². The van der Waals surface area contributed by atoms with E-state index in [1.165, 1.54) is 25.2 Å². The second-order valence-electron chi connectivity index (χ2n) is 16.1. The van der Waals surface area contributed by atoms with Crippen molar-refractivity contribution in [3.8, 4) is 18.2 Å². The third kappa shape index (κ3) is 18.2. The van der Waals surface area contributed by atoms with Crippen molar-refractivity contribution in [2.24, 2.45) is 5.41 Å². The van der Waals surface area contributed by atoms with Crippen LogP contribution >= 0.6 is 0 Å². The highest BCUT2D eigenvalue weighted by Gasteiger charge is 2.35. The highest BCUT2D eigenvalue weighted by molar-refractivity contribution is 5.99. The number of nitrogens with zero attached hydrogens (tertiary/aromatic N) is 6. The van der Waals surface area contributed by atoms with Crippen molar-refractivity contribution in [3.63, 3.8) is 0 Å². The molecule has 17 nitrogen and oxygen atoms in total. The van der Waals surface area contributed by atoms with Gasteiger partial charge in [-0.3, -0.25) is 0 Å². The van der Waals surface area contributed by atoms with Crippen molar-refractivity contribution in [2.45, 2.75) is 48.0 Å². The first-order valence-electron chi connectivity index (χ1n) is 23.2. The number of hydrogen-bond acceptors (Lipinski definition) is 16. The molecule has 0 heterocycles. The van der Waals surface area contributed by atoms with Crippen LogP contribution in [-0.2, 0) is 42.9 Å². The molecule has 3 rings (SSSR count). The van der Waals surface area contributed by atoms with Gasteiger partial charge in [0.1, 0.15) is 68.0 Å². The van der Waals surface area contributed by atoms with Gasteiger partial charge in [-0.1, -0.05) is 49.9 Å². The number of anilines is 3. The van der Waals surface area contributed by atoms with E-state index >= 15 is 0 Å². The Bertz CT molecular complexity index is 2420. The minimum atomic E-state index is -1.39. The monoisotopic (exact) mass is 969 g/mol. The lowest BCUT2D eigenvalue weighted by Crippen LogP contribution is -2.39. The molecule has 3 aromatic rings. The fourth-order valence-corrected chi connectivity index (χ4v) is 6.67. The Morgan fingerprint density at radius 2 is 0.930 bits per heavy atom. The maximum absolute atomic E-state index is 13.5. The van der Waals surface area contributed by atoms with Gasteiger partial charge in [0, 0.05) is 55.9 Å². The quantitative estimate of drug-likeness (QED) is 0.0253. The highest BCUT2D eigenvalue weighted by atomic mass is 16.6. The number of carbonyl (C=O) groups excluding carboxylic acids is 5. The van der Waals surface area contributed by atoms with Gasteiger partial charge in [-0.2, -0.15) is 15.8 Å². The molecule has 0 atom stereocenters. The molecule has 0 saturated carbocycles. The van der Waals surface area contributed by atoms with Crippen molar-refractivity contribution in [1.82, 2.24) is 5.32 Å². The van der Waals surface area contributed by atoms with Crippen LogP contribution in [0.3, 0.4) is 0 Å². The van der Waals surface area contributed by atoms with E-state index in [0.717, 1.165) is 43.2 Å². The summed E-state index contributed by atoms with van der Waals surface area (Å²) in [5, 5.41) is 32.5. The number of ether oxygens (including phenoxy) is 5. The first-order chi connectivity index (χ1) is 34.1. The number of nitriles is 3. The summed E-state index contributed by atoms with van der Waals surface area (Å²) in [6.07, 6.45) is 3.55. The topological polar surface area (TPSA) is 225 Å². The smallest absolute Gasteiger partial charge is 0.407 e. The van der Waals surface area contributed by atoms with Gasteiger partial charge in [0.25, 0.3) is 0 Å². The van der Waals surface area contributed by atoms with Crippen LogP contribution in [0.25, 0.3) is 18.2 Å². The molecule has 374 valence electrons. The maximum Gasteiger partial charge on any atom is 0.407 e. The molecule has 0 spiro atoms. The standard InChI is InChI=1S/C54H63N7O10/c1-9-54(37-70-51(64)44(34-56)31-41-16-22-47(23-17-41)60(10-2)11-3,38-71-52(65)45(35-57)32-42-18-24-48(25-19-42)61(12-4)13-5)36-69-50(63)43(33-55)30-40-14-20-46(21-15-40)59(8)27-29-68-53(66)58-26-28-67-49(62)39(6)7/h14-25,30-32H,6,9-13,26-29,36-38H2,1-5,7-8H3,(H,58,66)/b43-30+,44-31+,45-32+. The summed E-state index contributed by atoms with van der Waals surface area (Å²) >= 11 is 0. The molecular weight excluding hydrogens is 907 g/mol. The third-order valence-corrected chi connectivity index (χ3v) is 11.2. The first kappa shape index (κ1) is 57.0. The van der Waals surface area contributed by atoms with E-state index in [4.69, 9.17) is 23.7 Å². The molecule has 3 aromatic carbocycles. The Morgan fingerprint density at radius 1 is 0.563 bits per heavy atom. The molecule has 71 heavy (non-hydrogen) atoms. The molecule has 0 fully saturated rings. The van der Waals surface area contributed by atoms with Gasteiger partial charge in [0.05, 0.1) is 18.5 Å². The SMILES string of the molecule is C=C(C)C(=O)OCCNC(=O)OCCN(C)c1ccc(/C=C(\C#N)C(=O)OCC(CC)(COC(=O)/C(C#N)=C/c2ccc(N(CC)CC)cc2)COC(=O)/C(C#N)=C/c2ccc(N(CC)CC)cc2)cc1. The normalized spacial score (nSPS) is 11.4. The van der Waals surface area contributed by atoms with E-state index in [-0.39, 0.29) is 48.5 Å². The zero-order chi connectivity index (χ0) is 52.3. The van der Waals surface area contributed by atoms with Crippen molar-refractivity contribution < 1.29 is 47.7 Å². The molecule has 1 amide bonds. The third-order valence-electron chi connectivity index (χ3n) is 11.2. The van der Waals surface area contributed by atoms with Crippen LogP contribution in [-0.4, -0.2) is 109 Å². The van der Waals surface area contributed by atoms with E-state index in [1.54, 1.807) is 62.5 Å². The summed E-state index contributed by atoms with van der Waals surface area (Å²) in [5.74, 6) is -3.51. The summed E-state index contributed by atoms with van der Waals surface area (Å²) in [4.78, 5) is 70.0. The van der Waals surface area contributed by atoms with Crippen LogP contribution < -0.4 is 20.0 Å². The van der Waals surface area contributed by atoms with E-state index in [9.17, 15) is 39.8 Å². The average molecular weight is 970 g/mol. The Morgan fingerprint density at radius 3 is 1.25 bits per heavy atom. The van der Waals surface area contributed by atoms with Gasteiger partial charge in [0.2, 0.25) is 0 Å². The fourth-order valence-electron chi connectivity index (χ4n) is 6.67. The molecule has 0 aliphatic rings. The van der Waals surface area contributed by atoms with Crippen LogP contribution in [0.4, 0.5) is 21.9 Å². The maximum atomic E-state index is 13.5. The first-order valence-corrected chi connectivity index (χ1v) is 23.2. The number of likely N-dealkylation sites (N-methyl/N-ethyl adjacent to an activating group) is 1. The van der Waals surface area contributed by atoms with Crippen molar-refractivity contribution >= 4 is 65.3 Å². The summed E-state index contributed by atoms with van der Waals surface area (Å²) in [6.45, 7) is 17.0. The Hall–Kier alpha value is -8.36. The van der Waals surface area contributed by atoms with Gasteiger partial charge >= 0.3 is 30.0 Å². The summed E-state index contributed by atoms with van der Waals surface area (Å²) in [7, 11) is 1.78. The predicted molar refractivity (Wildman–Crippen MR) is 271 cm³/mol. The Balaban J connectivity index is 1.78. The molecule has 0 radical (unpaired) electrons. The molecule has 1 N–H and O–H groups in total. The Kier molecular flexibility index (Phi) is 23.7. The number of alkyl carbamates (subject to hydrolysis) is 1. The number of esters is 4. The number of benzene rings is 3. The van der Waals surface area contributed by atoms with Crippen molar-refractivity contribution in [2.75, 3.05) is 94.1 Å². The second kappa shape index (κ2) is 29.5. The number of carbonyl (C=O) groups is 5. The van der Waals surface area contributed by atoms with Crippen LogP contribution in [0.15, 0.2) is 102 Å². The molecule has 0 aliphatic heterocycles. The summed E-state index contributed by atoms with van der Waals surface area (Å²) in [5.41, 5.74) is 2.24. The molecule has 0 bridgehead atoms. The number of amides is 1. The zero-order valence-electron chi connectivity index (χ0n) is 41.6. The lowest BCUT2D eigenvalue weighted by atomic mass is 9.88. The van der Waals surface area contributed by atoms with Crippen LogP contribution in [0.1, 0.15) is 64.7 Å². The van der Waals surface area contributed by atoms with E-state index in [2.05, 4.69) is 21.7 Å². The summed E-state index contributed by atoms with van der Waals surface area (Å²) < 4.78 is 27.1. The van der Waals surface area contributed by atoms with E-state index in [1.807, 2.05) is 75.1 Å². The van der Waals surface area contributed by atoms with Gasteiger partial charge in [-0.05, 0) is 112 Å². The molecule has 17 heteroatoms. The lowest BCUT2D eigenvalue weighted by molar-refractivity contribution is -0.156. The molecule has 0 aliphatic carbocycles. The summed E-state index contributed by atoms with van der Waals surface area (Å²) in [6, 6.07) is 27.1. The van der Waals surface area contributed by atoms with Gasteiger partial charge < -0.3 is 43.7 Å². The highest BCUT2D eigenvalue weighted by Crippen LogP contribution is 2.27. The van der Waals surface area contributed by atoms with Crippen LogP contribution in [0.2, 0.25) is 0 Å². The number of hydrogen-bond donors (Lipinski definition) is 1. The molecular formula is C54H63N7O10. The molecule has 0 saturated heterocycles. The lowest BCUT2D eigenvalue weighted by Gasteiger charge is -2.31.